The van der Waals surface area contributed by atoms with E-state index < -0.39 is 0 Å². The Morgan fingerprint density at radius 1 is 1.30 bits per heavy atom. The maximum absolute atomic E-state index is 12.8. The number of carbonyl (C=O) groups excluding carboxylic acids is 1. The number of pyridine rings is 1. The summed E-state index contributed by atoms with van der Waals surface area (Å²) in [6.07, 6.45) is 3.22. The quantitative estimate of drug-likeness (QED) is 0.564. The Morgan fingerprint density at radius 2 is 2.04 bits per heavy atom. The first-order valence-corrected chi connectivity index (χ1v) is 7.57. The molecule has 0 atom stereocenters. The molecule has 1 amide bonds. The molecule has 116 valence electrons. The maximum Gasteiger partial charge on any atom is 0.290 e. The van der Waals surface area contributed by atoms with Gasteiger partial charge in [-0.2, -0.15) is 5.10 Å². The van der Waals surface area contributed by atoms with Gasteiger partial charge in [-0.15, -0.1) is 0 Å². The van der Waals surface area contributed by atoms with Gasteiger partial charge in [-0.05, 0) is 52.7 Å². The molecule has 3 rings (SSSR count). The Labute approximate surface area is 140 Å². The lowest BCUT2D eigenvalue weighted by Gasteiger charge is -2.02. The number of imidazole rings is 1. The fourth-order valence-electron chi connectivity index (χ4n) is 2.18. The minimum absolute atomic E-state index is 0.321. The molecule has 0 unspecified atom stereocenters. The molecule has 0 saturated heterocycles. The second kappa shape index (κ2) is 6.29. The van der Waals surface area contributed by atoms with Gasteiger partial charge in [0.15, 0.2) is 0 Å². The van der Waals surface area contributed by atoms with Crippen molar-refractivity contribution < 1.29 is 9.18 Å². The highest BCUT2D eigenvalue weighted by Gasteiger charge is 2.16. The molecule has 2 heterocycles. The number of hydrogen-bond acceptors (Lipinski definition) is 3. The van der Waals surface area contributed by atoms with Crippen molar-refractivity contribution in [2.24, 2.45) is 5.10 Å². The van der Waals surface area contributed by atoms with Gasteiger partial charge in [0.05, 0.1) is 11.9 Å². The zero-order chi connectivity index (χ0) is 16.4. The van der Waals surface area contributed by atoms with Crippen LogP contribution in [0.5, 0.6) is 0 Å². The van der Waals surface area contributed by atoms with Gasteiger partial charge in [-0.3, -0.25) is 9.20 Å². The van der Waals surface area contributed by atoms with Crippen LogP contribution < -0.4 is 5.43 Å². The first kappa shape index (κ1) is 15.4. The molecule has 0 spiro atoms. The van der Waals surface area contributed by atoms with E-state index in [1.54, 1.807) is 29.7 Å². The molecule has 0 aliphatic rings. The van der Waals surface area contributed by atoms with E-state index in [1.807, 2.05) is 12.1 Å². The lowest BCUT2D eigenvalue weighted by molar-refractivity contribution is 0.0948. The SMILES string of the molecule is Cc1nc2ccc(Br)cn2c1C(=O)N/N=C\c1ccc(F)cc1. The number of fused-ring (bicyclic) bond motifs is 1. The predicted molar refractivity (Wildman–Crippen MR) is 89.1 cm³/mol. The van der Waals surface area contributed by atoms with Gasteiger partial charge in [0, 0.05) is 10.7 Å². The van der Waals surface area contributed by atoms with E-state index >= 15 is 0 Å². The van der Waals surface area contributed by atoms with Gasteiger partial charge in [0.1, 0.15) is 17.2 Å². The van der Waals surface area contributed by atoms with Gasteiger partial charge >= 0.3 is 0 Å². The maximum atomic E-state index is 12.8. The zero-order valence-electron chi connectivity index (χ0n) is 12.1. The molecule has 0 aliphatic carbocycles. The minimum Gasteiger partial charge on any atom is -0.294 e. The van der Waals surface area contributed by atoms with Crippen LogP contribution in [0.25, 0.3) is 5.65 Å². The van der Waals surface area contributed by atoms with Gasteiger partial charge in [-0.1, -0.05) is 12.1 Å². The van der Waals surface area contributed by atoms with Crippen molar-refractivity contribution in [3.63, 3.8) is 0 Å². The summed E-state index contributed by atoms with van der Waals surface area (Å²) in [5.74, 6) is -0.690. The van der Waals surface area contributed by atoms with E-state index in [0.717, 1.165) is 4.47 Å². The van der Waals surface area contributed by atoms with E-state index in [-0.39, 0.29) is 11.7 Å². The number of amides is 1. The van der Waals surface area contributed by atoms with Crippen LogP contribution in [0.3, 0.4) is 0 Å². The van der Waals surface area contributed by atoms with Crippen molar-refractivity contribution in [1.82, 2.24) is 14.8 Å². The third-order valence-electron chi connectivity index (χ3n) is 3.22. The molecule has 23 heavy (non-hydrogen) atoms. The molecule has 5 nitrogen and oxygen atoms in total. The number of halogens is 2. The Bertz CT molecular complexity index is 902. The smallest absolute Gasteiger partial charge is 0.290 e. The fraction of sp³-hybridized carbons (Fsp3) is 0.0625. The number of aryl methyl sites for hydroxylation is 1. The Kier molecular flexibility index (Phi) is 4.20. The number of rotatable bonds is 3. The van der Waals surface area contributed by atoms with Crippen LogP contribution >= 0.6 is 15.9 Å². The molecule has 0 fully saturated rings. The molecule has 1 aromatic carbocycles. The highest BCUT2D eigenvalue weighted by Crippen LogP contribution is 2.16. The molecule has 1 N–H and O–H groups in total. The average molecular weight is 375 g/mol. The van der Waals surface area contributed by atoms with Crippen LogP contribution in [0.2, 0.25) is 0 Å². The second-order valence-electron chi connectivity index (χ2n) is 4.87. The lowest BCUT2D eigenvalue weighted by Crippen LogP contribution is -2.20. The highest BCUT2D eigenvalue weighted by molar-refractivity contribution is 9.10. The number of aromatic nitrogens is 2. The lowest BCUT2D eigenvalue weighted by atomic mass is 10.2. The van der Waals surface area contributed by atoms with Crippen molar-refractivity contribution in [2.75, 3.05) is 0 Å². The molecule has 2 aromatic heterocycles. The Hall–Kier alpha value is -2.54. The summed E-state index contributed by atoms with van der Waals surface area (Å²) in [6.45, 7) is 1.76. The molecule has 0 radical (unpaired) electrons. The van der Waals surface area contributed by atoms with Crippen molar-refractivity contribution in [3.8, 4) is 0 Å². The van der Waals surface area contributed by atoms with E-state index in [0.29, 0.717) is 22.6 Å². The first-order chi connectivity index (χ1) is 11.0. The highest BCUT2D eigenvalue weighted by atomic mass is 79.9. The van der Waals surface area contributed by atoms with E-state index in [1.165, 1.54) is 18.3 Å². The second-order valence-corrected chi connectivity index (χ2v) is 5.79. The van der Waals surface area contributed by atoms with Gasteiger partial charge < -0.3 is 0 Å². The fourth-order valence-corrected chi connectivity index (χ4v) is 2.51. The zero-order valence-corrected chi connectivity index (χ0v) is 13.7. The Balaban J connectivity index is 1.82. The topological polar surface area (TPSA) is 58.8 Å². The third-order valence-corrected chi connectivity index (χ3v) is 3.69. The summed E-state index contributed by atoms with van der Waals surface area (Å²) in [4.78, 5) is 16.7. The summed E-state index contributed by atoms with van der Waals surface area (Å²) >= 11 is 3.37. The predicted octanol–water partition coefficient (Wildman–Crippen LogP) is 3.31. The molecule has 0 saturated carbocycles. The van der Waals surface area contributed by atoms with E-state index in [2.05, 4.69) is 31.4 Å². The van der Waals surface area contributed by atoms with E-state index in [9.17, 15) is 9.18 Å². The van der Waals surface area contributed by atoms with Crippen LogP contribution in [0.1, 0.15) is 21.7 Å². The van der Waals surface area contributed by atoms with Gasteiger partial charge in [0.2, 0.25) is 0 Å². The third kappa shape index (κ3) is 3.29. The number of nitrogens with zero attached hydrogens (tertiary/aromatic N) is 3. The van der Waals surface area contributed by atoms with Gasteiger partial charge in [0.25, 0.3) is 5.91 Å². The largest absolute Gasteiger partial charge is 0.294 e. The molecule has 3 aromatic rings. The molecule has 7 heteroatoms. The number of carbonyl (C=O) groups is 1. The average Bonchev–Trinajstić information content (AvgIpc) is 2.84. The van der Waals surface area contributed by atoms with Crippen molar-refractivity contribution >= 4 is 33.7 Å². The van der Waals surface area contributed by atoms with E-state index in [4.69, 9.17) is 0 Å². The monoisotopic (exact) mass is 374 g/mol. The summed E-state index contributed by atoms with van der Waals surface area (Å²) in [6, 6.07) is 9.47. The number of hydrogen-bond donors (Lipinski definition) is 1. The molecular weight excluding hydrogens is 363 g/mol. The summed E-state index contributed by atoms with van der Waals surface area (Å²) in [5.41, 5.74) is 4.85. The minimum atomic E-state index is -0.369. The van der Waals surface area contributed by atoms with Crippen LogP contribution in [-0.2, 0) is 0 Å². The van der Waals surface area contributed by atoms with Crippen molar-refractivity contribution in [2.45, 2.75) is 6.92 Å². The number of nitrogens with one attached hydrogen (secondary N) is 1. The van der Waals surface area contributed by atoms with Crippen LogP contribution in [0.4, 0.5) is 4.39 Å². The normalized spacial score (nSPS) is 11.3. The van der Waals surface area contributed by atoms with Gasteiger partial charge in [-0.25, -0.2) is 14.8 Å². The van der Waals surface area contributed by atoms with Crippen LogP contribution in [-0.4, -0.2) is 21.5 Å². The summed E-state index contributed by atoms with van der Waals surface area (Å²) in [5, 5.41) is 3.90. The molecule has 0 aliphatic heterocycles. The number of benzene rings is 1. The summed E-state index contributed by atoms with van der Waals surface area (Å²) in [7, 11) is 0. The molecule has 0 bridgehead atoms. The van der Waals surface area contributed by atoms with Crippen molar-refractivity contribution in [1.29, 1.82) is 0 Å². The Morgan fingerprint density at radius 3 is 2.78 bits per heavy atom. The van der Waals surface area contributed by atoms with Crippen LogP contribution in [0, 0.1) is 12.7 Å². The number of hydrazone groups is 1. The molecular formula is C16H12BrFN4O. The first-order valence-electron chi connectivity index (χ1n) is 6.78. The van der Waals surface area contributed by atoms with Crippen molar-refractivity contribution in [3.05, 3.63) is 69.8 Å². The summed E-state index contributed by atoms with van der Waals surface area (Å²) < 4.78 is 15.4. The van der Waals surface area contributed by atoms with Crippen LogP contribution in [0.15, 0.2) is 52.2 Å². The standard InChI is InChI=1S/C16H12BrFN4O/c1-10-15(22-9-12(17)4-7-14(22)20-10)16(23)21-19-8-11-2-5-13(18)6-3-11/h2-9H,1H3,(H,21,23)/b19-8-.